The molecule has 0 bridgehead atoms. The van der Waals surface area contributed by atoms with Crippen molar-refractivity contribution in [1.82, 2.24) is 40.8 Å². The molecule has 0 fully saturated rings. The highest BCUT2D eigenvalue weighted by Gasteiger charge is 2.41. The van der Waals surface area contributed by atoms with E-state index in [0.717, 1.165) is 16.7 Å². The number of rotatable bonds is 6. The summed E-state index contributed by atoms with van der Waals surface area (Å²) < 4.78 is 0. The van der Waals surface area contributed by atoms with Crippen LogP contribution in [0.25, 0.3) is 0 Å². The number of hydrogen-bond acceptors (Lipinski definition) is 6. The van der Waals surface area contributed by atoms with Crippen LogP contribution in [-0.2, 0) is 17.3 Å². The summed E-state index contributed by atoms with van der Waals surface area (Å²) >= 11 is 11.2. The third-order valence-electron chi connectivity index (χ3n) is 4.96. The Morgan fingerprint density at radius 1 is 0.667 bits per heavy atom. The lowest BCUT2D eigenvalue weighted by Crippen LogP contribution is -2.39. The van der Waals surface area contributed by atoms with E-state index in [1.54, 1.807) is 4.80 Å². The second-order valence-electron chi connectivity index (χ2n) is 6.90. The van der Waals surface area contributed by atoms with E-state index in [-0.39, 0.29) is 5.88 Å². The van der Waals surface area contributed by atoms with Gasteiger partial charge in [0.25, 0.3) is 0 Å². The van der Waals surface area contributed by atoms with E-state index in [2.05, 4.69) is 72.4 Å². The van der Waals surface area contributed by atoms with Crippen molar-refractivity contribution < 1.29 is 0 Å². The SMILES string of the molecule is ClCc1nn[nH]n1.ClCc1nnn(C(c2ccccc2)(c2ccccc2)c2ccccc2)n1. The van der Waals surface area contributed by atoms with Crippen molar-refractivity contribution in [3.63, 3.8) is 0 Å². The molecule has 0 amide bonds. The Balaban J connectivity index is 0.000000318. The van der Waals surface area contributed by atoms with Crippen LogP contribution < -0.4 is 0 Å². The maximum absolute atomic E-state index is 5.95. The van der Waals surface area contributed by atoms with Crippen molar-refractivity contribution in [3.05, 3.63) is 119 Å². The first kappa shape index (κ1) is 22.6. The van der Waals surface area contributed by atoms with Crippen LogP contribution in [-0.4, -0.2) is 40.8 Å². The molecule has 0 saturated heterocycles. The van der Waals surface area contributed by atoms with Crippen molar-refractivity contribution in [2.75, 3.05) is 0 Å². The lowest BCUT2D eigenvalue weighted by atomic mass is 9.77. The highest BCUT2D eigenvalue weighted by atomic mass is 35.5. The number of aromatic amines is 1. The second-order valence-corrected chi connectivity index (χ2v) is 7.43. The summed E-state index contributed by atoms with van der Waals surface area (Å²) in [4.78, 5) is 1.67. The Morgan fingerprint density at radius 2 is 1.15 bits per heavy atom. The fourth-order valence-corrected chi connectivity index (χ4v) is 3.78. The monoisotopic (exact) mass is 478 g/mol. The van der Waals surface area contributed by atoms with Gasteiger partial charge < -0.3 is 0 Å². The Labute approximate surface area is 200 Å². The molecule has 0 aliphatic rings. The number of alkyl halides is 2. The summed E-state index contributed by atoms with van der Waals surface area (Å²) in [5.41, 5.74) is 2.42. The summed E-state index contributed by atoms with van der Waals surface area (Å²) in [6.07, 6.45) is 0. The topological polar surface area (TPSA) is 98.1 Å². The highest BCUT2D eigenvalue weighted by Crippen LogP contribution is 2.39. The Hall–Kier alpha value is -3.62. The molecule has 0 aliphatic carbocycles. The van der Waals surface area contributed by atoms with E-state index >= 15 is 0 Å². The Kier molecular flexibility index (Phi) is 7.39. The average Bonchev–Trinajstić information content (AvgIpc) is 3.60. The molecule has 3 aromatic carbocycles. The van der Waals surface area contributed by atoms with E-state index in [1.165, 1.54) is 0 Å². The van der Waals surface area contributed by atoms with Crippen LogP contribution in [0.3, 0.4) is 0 Å². The zero-order chi connectivity index (χ0) is 22.9. The molecule has 0 spiro atoms. The predicted molar refractivity (Wildman–Crippen MR) is 126 cm³/mol. The van der Waals surface area contributed by atoms with Gasteiger partial charge >= 0.3 is 0 Å². The van der Waals surface area contributed by atoms with E-state index in [4.69, 9.17) is 23.2 Å². The third kappa shape index (κ3) is 4.76. The predicted octanol–water partition coefficient (Wildman–Crippen LogP) is 4.19. The van der Waals surface area contributed by atoms with Gasteiger partial charge in [-0.1, -0.05) is 96.2 Å². The molecule has 1 N–H and O–H groups in total. The van der Waals surface area contributed by atoms with Gasteiger partial charge in [0, 0.05) is 0 Å². The zero-order valence-electron chi connectivity index (χ0n) is 17.5. The minimum Gasteiger partial charge on any atom is -0.177 e. The fraction of sp³-hybridized carbons (Fsp3) is 0.130. The van der Waals surface area contributed by atoms with Gasteiger partial charge in [0.2, 0.25) is 0 Å². The number of nitrogens with zero attached hydrogens (tertiary/aromatic N) is 7. The van der Waals surface area contributed by atoms with Crippen LogP contribution in [0.1, 0.15) is 28.3 Å². The zero-order valence-corrected chi connectivity index (χ0v) is 19.0. The molecule has 33 heavy (non-hydrogen) atoms. The molecule has 8 nitrogen and oxygen atoms in total. The number of benzene rings is 3. The Morgan fingerprint density at radius 3 is 1.48 bits per heavy atom. The number of halogens is 2. The van der Waals surface area contributed by atoms with Crippen molar-refractivity contribution in [1.29, 1.82) is 0 Å². The van der Waals surface area contributed by atoms with Crippen LogP contribution in [0.15, 0.2) is 91.0 Å². The van der Waals surface area contributed by atoms with Gasteiger partial charge in [0.1, 0.15) is 0 Å². The molecule has 0 saturated carbocycles. The van der Waals surface area contributed by atoms with Crippen LogP contribution >= 0.6 is 23.2 Å². The number of tetrazole rings is 2. The third-order valence-corrected chi connectivity index (χ3v) is 5.44. The van der Waals surface area contributed by atoms with Gasteiger partial charge in [0.05, 0.1) is 11.8 Å². The number of H-pyrrole nitrogens is 1. The molecule has 0 aliphatic heterocycles. The standard InChI is InChI=1S/C21H17ClN4.C2H3ClN4/c22-16-20-23-25-26(24-20)21(17-10-4-1-5-11-17,18-12-6-2-7-13-18)19-14-8-3-9-15-19;3-1-2-4-6-7-5-2/h1-15H,16H2;1H2,(H,4,5,6,7). The lowest BCUT2D eigenvalue weighted by molar-refractivity contribution is 0.394. The molecule has 5 rings (SSSR count). The molecule has 2 aromatic heterocycles. The molecule has 0 unspecified atom stereocenters. The number of hydrogen-bond donors (Lipinski definition) is 1. The van der Waals surface area contributed by atoms with Gasteiger partial charge in [-0.05, 0) is 21.9 Å². The number of nitrogens with one attached hydrogen (secondary N) is 1. The molecule has 5 aromatic rings. The molecule has 0 radical (unpaired) electrons. The number of aromatic nitrogens is 8. The first-order valence-electron chi connectivity index (χ1n) is 10.1. The normalized spacial score (nSPS) is 11.0. The van der Waals surface area contributed by atoms with Crippen LogP contribution in [0.4, 0.5) is 0 Å². The van der Waals surface area contributed by atoms with Gasteiger partial charge in [-0.15, -0.1) is 48.4 Å². The van der Waals surface area contributed by atoms with Crippen molar-refractivity contribution in [3.8, 4) is 0 Å². The van der Waals surface area contributed by atoms with Crippen molar-refractivity contribution in [2.45, 2.75) is 17.3 Å². The van der Waals surface area contributed by atoms with Crippen molar-refractivity contribution in [2.24, 2.45) is 0 Å². The van der Waals surface area contributed by atoms with E-state index in [9.17, 15) is 0 Å². The minimum absolute atomic E-state index is 0.217. The average molecular weight is 479 g/mol. The van der Waals surface area contributed by atoms with E-state index in [0.29, 0.717) is 17.5 Å². The first-order valence-corrected chi connectivity index (χ1v) is 11.2. The van der Waals surface area contributed by atoms with Crippen molar-refractivity contribution >= 4 is 23.2 Å². The lowest BCUT2D eigenvalue weighted by Gasteiger charge is -2.34. The molecule has 166 valence electrons. The maximum Gasteiger partial charge on any atom is 0.189 e. The molecule has 10 heteroatoms. The first-order chi connectivity index (χ1) is 16.3. The molecular weight excluding hydrogens is 459 g/mol. The fourth-order valence-electron chi connectivity index (χ4n) is 3.56. The Bertz CT molecular complexity index is 1130. The summed E-state index contributed by atoms with van der Waals surface area (Å²) in [5, 5.41) is 25.7. The second kappa shape index (κ2) is 10.8. The summed E-state index contributed by atoms with van der Waals surface area (Å²) in [5.74, 6) is 1.56. The summed E-state index contributed by atoms with van der Waals surface area (Å²) in [6, 6.07) is 30.7. The largest absolute Gasteiger partial charge is 0.189 e. The summed E-state index contributed by atoms with van der Waals surface area (Å²) in [6.45, 7) is 0. The van der Waals surface area contributed by atoms with Gasteiger partial charge in [-0.3, -0.25) is 0 Å². The van der Waals surface area contributed by atoms with Gasteiger partial charge in [0.15, 0.2) is 17.2 Å². The quantitative estimate of drug-likeness (QED) is 0.290. The molecular formula is C23H20Cl2N8. The van der Waals surface area contributed by atoms with Crippen LogP contribution in [0.5, 0.6) is 0 Å². The van der Waals surface area contributed by atoms with Gasteiger partial charge in [-0.2, -0.15) is 5.21 Å². The molecule has 0 atom stereocenters. The molecule has 2 heterocycles. The van der Waals surface area contributed by atoms with E-state index in [1.807, 2.05) is 54.6 Å². The van der Waals surface area contributed by atoms with Crippen LogP contribution in [0, 0.1) is 0 Å². The smallest absolute Gasteiger partial charge is 0.177 e. The van der Waals surface area contributed by atoms with Gasteiger partial charge in [-0.25, -0.2) is 0 Å². The maximum atomic E-state index is 5.95. The minimum atomic E-state index is -0.735. The van der Waals surface area contributed by atoms with E-state index < -0.39 is 5.54 Å². The summed E-state index contributed by atoms with van der Waals surface area (Å²) in [7, 11) is 0. The van der Waals surface area contributed by atoms with Crippen LogP contribution in [0.2, 0.25) is 0 Å². The highest BCUT2D eigenvalue weighted by molar-refractivity contribution is 6.16.